The fourth-order valence-corrected chi connectivity index (χ4v) is 3.82. The van der Waals surface area contributed by atoms with E-state index in [9.17, 15) is 43.2 Å². The average Bonchev–Trinajstić information content (AvgIpc) is 3.43. The minimum Gasteiger partial charge on any atom is -0.481 e. The third kappa shape index (κ3) is 12.3. The zero-order valence-electron chi connectivity index (χ0n) is 23.9. The lowest BCUT2D eigenvalue weighted by Gasteiger charge is -2.26. The highest BCUT2D eigenvalue weighted by molar-refractivity contribution is 5.97. The molecule has 0 aromatic heterocycles. The van der Waals surface area contributed by atoms with Crippen LogP contribution in [0.5, 0.6) is 0 Å². The zero-order valence-corrected chi connectivity index (χ0v) is 23.9. The Morgan fingerprint density at radius 3 is 1.93 bits per heavy atom. The summed E-state index contributed by atoms with van der Waals surface area (Å²) in [7, 11) is 0. The maximum absolute atomic E-state index is 12.8. The summed E-state index contributed by atoms with van der Waals surface area (Å²) in [6, 6.07) is -5.99. The molecule has 5 atom stereocenters. The van der Waals surface area contributed by atoms with Gasteiger partial charge in [-0.25, -0.2) is 0 Å². The van der Waals surface area contributed by atoms with Crippen LogP contribution in [-0.4, -0.2) is 125 Å². The largest absolute Gasteiger partial charge is 0.481 e. The molecular weight excluding hydrogens is 576 g/mol. The molecule has 0 saturated carbocycles. The van der Waals surface area contributed by atoms with Crippen molar-refractivity contribution in [3.63, 3.8) is 0 Å². The van der Waals surface area contributed by atoms with Gasteiger partial charge in [-0.15, -0.1) is 0 Å². The Morgan fingerprint density at radius 1 is 0.767 bits per heavy atom. The van der Waals surface area contributed by atoms with Gasteiger partial charge in [-0.05, 0) is 33.6 Å². The van der Waals surface area contributed by atoms with Gasteiger partial charge in [0.15, 0.2) is 0 Å². The zero-order chi connectivity index (χ0) is 32.9. The van der Waals surface area contributed by atoms with Gasteiger partial charge in [0.1, 0.15) is 30.2 Å². The van der Waals surface area contributed by atoms with Gasteiger partial charge in [0.25, 0.3) is 0 Å². The Kier molecular flexibility index (Phi) is 14.5. The van der Waals surface area contributed by atoms with Crippen LogP contribution in [0.25, 0.3) is 0 Å². The molecule has 0 aliphatic carbocycles. The van der Waals surface area contributed by atoms with Crippen molar-refractivity contribution in [3.05, 3.63) is 0 Å². The summed E-state index contributed by atoms with van der Waals surface area (Å²) >= 11 is 0. The van der Waals surface area contributed by atoms with Crippen LogP contribution in [0.1, 0.15) is 40.0 Å². The first kappa shape index (κ1) is 36.2. The van der Waals surface area contributed by atoms with Crippen LogP contribution < -0.4 is 37.6 Å². The van der Waals surface area contributed by atoms with Crippen LogP contribution in [0.15, 0.2) is 0 Å². The van der Waals surface area contributed by atoms with Crippen LogP contribution in [0.2, 0.25) is 0 Å². The minimum atomic E-state index is -1.58. The van der Waals surface area contributed by atoms with Crippen LogP contribution in [0, 0.1) is 0 Å². The first-order valence-electron chi connectivity index (χ1n) is 13.3. The van der Waals surface area contributed by atoms with Crippen molar-refractivity contribution >= 4 is 53.3 Å². The van der Waals surface area contributed by atoms with E-state index in [-0.39, 0.29) is 13.0 Å². The number of carbonyl (C=O) groups is 9. The summed E-state index contributed by atoms with van der Waals surface area (Å²) in [5.41, 5.74) is 5.17. The highest BCUT2D eigenvalue weighted by Gasteiger charge is 2.36. The number of carboxylic acid groups (broad SMARTS) is 2. The van der Waals surface area contributed by atoms with Crippen molar-refractivity contribution in [3.8, 4) is 0 Å². The molecule has 1 rings (SSSR count). The van der Waals surface area contributed by atoms with Crippen molar-refractivity contribution in [2.75, 3.05) is 26.2 Å². The maximum Gasteiger partial charge on any atom is 0.325 e. The first-order chi connectivity index (χ1) is 20.1. The monoisotopic (exact) mass is 614 g/mol. The number of nitrogens with two attached hydrogens (primary N) is 1. The van der Waals surface area contributed by atoms with E-state index >= 15 is 0 Å². The van der Waals surface area contributed by atoms with Gasteiger partial charge in [0, 0.05) is 6.54 Å². The van der Waals surface area contributed by atoms with Gasteiger partial charge in [-0.3, -0.25) is 43.2 Å². The van der Waals surface area contributed by atoms with Crippen LogP contribution in [0.3, 0.4) is 0 Å². The molecule has 1 heterocycles. The fourth-order valence-electron chi connectivity index (χ4n) is 3.82. The van der Waals surface area contributed by atoms with Gasteiger partial charge < -0.3 is 52.7 Å². The second-order valence-electron chi connectivity index (χ2n) is 9.69. The number of aliphatic carboxylic acids is 2. The molecule has 0 bridgehead atoms. The number of carbonyl (C=O) groups excluding carboxylic acids is 7. The molecule has 240 valence electrons. The number of nitrogens with zero attached hydrogens (tertiary/aromatic N) is 1. The average molecular weight is 615 g/mol. The first-order valence-corrected chi connectivity index (χ1v) is 13.3. The SMILES string of the molecule is C[C@H](NC(=O)CNC(=O)[C@H](C)NC(=O)[C@@H]1CCCN1C(=O)CNC(=O)[C@H](CC(=O)O)NC(=O)[C@H](C)NC(=O)CN)C(=O)O. The van der Waals surface area contributed by atoms with E-state index in [1.54, 1.807) is 0 Å². The van der Waals surface area contributed by atoms with E-state index in [2.05, 4.69) is 31.9 Å². The Balaban J connectivity index is 2.69. The summed E-state index contributed by atoms with van der Waals surface area (Å²) in [6.07, 6.45) is -0.137. The summed E-state index contributed by atoms with van der Waals surface area (Å²) in [6.45, 7) is 2.47. The second-order valence-corrected chi connectivity index (χ2v) is 9.69. The maximum atomic E-state index is 12.8. The number of hydrogen-bond donors (Lipinski definition) is 9. The number of hydrogen-bond acceptors (Lipinski definition) is 10. The third-order valence-corrected chi connectivity index (χ3v) is 6.18. The lowest BCUT2D eigenvalue weighted by Crippen LogP contribution is -2.56. The lowest BCUT2D eigenvalue weighted by molar-refractivity contribution is -0.142. The van der Waals surface area contributed by atoms with Gasteiger partial charge >= 0.3 is 11.9 Å². The van der Waals surface area contributed by atoms with Gasteiger partial charge in [0.05, 0.1) is 26.1 Å². The predicted octanol–water partition coefficient (Wildman–Crippen LogP) is -5.27. The molecule has 1 aliphatic rings. The van der Waals surface area contributed by atoms with Crippen molar-refractivity contribution in [2.45, 2.75) is 70.2 Å². The Morgan fingerprint density at radius 2 is 1.35 bits per heavy atom. The number of nitrogens with one attached hydrogen (secondary N) is 6. The number of likely N-dealkylation sites (tertiary alicyclic amines) is 1. The Hall–Kier alpha value is -4.81. The minimum absolute atomic E-state index is 0.156. The third-order valence-electron chi connectivity index (χ3n) is 6.18. The molecule has 0 radical (unpaired) electrons. The molecule has 43 heavy (non-hydrogen) atoms. The molecular formula is C24H38N8O11. The Bertz CT molecular complexity index is 1110. The summed E-state index contributed by atoms with van der Waals surface area (Å²) < 4.78 is 0. The van der Waals surface area contributed by atoms with Gasteiger partial charge in [-0.2, -0.15) is 0 Å². The molecule has 0 spiro atoms. The summed E-state index contributed by atoms with van der Waals surface area (Å²) in [4.78, 5) is 109. The molecule has 19 nitrogen and oxygen atoms in total. The molecule has 7 amide bonds. The van der Waals surface area contributed by atoms with Crippen molar-refractivity contribution in [1.82, 2.24) is 36.8 Å². The number of rotatable bonds is 16. The molecule has 1 aliphatic heterocycles. The van der Waals surface area contributed by atoms with Gasteiger partial charge in [-0.1, -0.05) is 0 Å². The molecule has 19 heteroatoms. The lowest BCUT2D eigenvalue weighted by atomic mass is 10.1. The molecule has 10 N–H and O–H groups in total. The van der Waals surface area contributed by atoms with Crippen LogP contribution in [-0.2, 0) is 43.2 Å². The number of carboxylic acids is 2. The predicted molar refractivity (Wildman–Crippen MR) is 144 cm³/mol. The van der Waals surface area contributed by atoms with Crippen LogP contribution in [0.4, 0.5) is 0 Å². The van der Waals surface area contributed by atoms with E-state index in [1.165, 1.54) is 25.7 Å². The van der Waals surface area contributed by atoms with E-state index in [4.69, 9.17) is 15.9 Å². The van der Waals surface area contributed by atoms with Gasteiger partial charge in [0.2, 0.25) is 41.4 Å². The topological polar surface area (TPSA) is 296 Å². The summed E-state index contributed by atoms with van der Waals surface area (Å²) in [5, 5.41) is 31.5. The molecule has 0 aromatic rings. The Labute approximate surface area is 246 Å². The van der Waals surface area contributed by atoms with E-state index in [1.807, 2.05) is 0 Å². The number of amides is 7. The highest BCUT2D eigenvalue weighted by atomic mass is 16.4. The van der Waals surface area contributed by atoms with Crippen molar-refractivity contribution < 1.29 is 53.4 Å². The van der Waals surface area contributed by atoms with Crippen molar-refractivity contribution in [1.29, 1.82) is 0 Å². The van der Waals surface area contributed by atoms with Crippen molar-refractivity contribution in [2.24, 2.45) is 5.73 Å². The molecule has 0 unspecified atom stereocenters. The second kappa shape index (κ2) is 17.2. The highest BCUT2D eigenvalue weighted by Crippen LogP contribution is 2.17. The molecule has 1 saturated heterocycles. The fraction of sp³-hybridized carbons (Fsp3) is 0.625. The summed E-state index contributed by atoms with van der Waals surface area (Å²) in [5.74, 6) is -8.04. The quantitative estimate of drug-likeness (QED) is 0.0788. The van der Waals surface area contributed by atoms with Crippen LogP contribution >= 0.6 is 0 Å². The molecule has 0 aromatic carbocycles. The normalized spacial score (nSPS) is 16.8. The molecule has 1 fully saturated rings. The van der Waals surface area contributed by atoms with E-state index in [0.29, 0.717) is 6.42 Å². The van der Waals surface area contributed by atoms with E-state index in [0.717, 1.165) is 0 Å². The standard InChI is InChI=1S/C24H38N8O11/c1-11(20(38)26-9-17(34)29-13(3)24(42)43)30-23(41)15-5-4-6-32(15)18(35)10-27-22(40)14(7-19(36)37)31-21(39)12(2)28-16(33)8-25/h11-15H,4-10,25H2,1-3H3,(H,26,38)(H,27,40)(H,28,33)(H,29,34)(H,30,41)(H,31,39)(H,36,37)(H,42,43)/t11-,12-,13-,14-,15-/m0/s1. The van der Waals surface area contributed by atoms with E-state index < -0.39 is 110 Å². The smallest absolute Gasteiger partial charge is 0.325 e.